The van der Waals surface area contributed by atoms with Crippen molar-refractivity contribution in [2.24, 2.45) is 0 Å². The van der Waals surface area contributed by atoms with Crippen LogP contribution in [0.25, 0.3) is 11.3 Å². The minimum Gasteiger partial charge on any atom is -0.376 e. The number of thiazole rings is 1. The third-order valence-electron chi connectivity index (χ3n) is 4.85. The number of nitrogens with zero attached hydrogens (tertiary/aromatic N) is 2. The van der Waals surface area contributed by atoms with Gasteiger partial charge >= 0.3 is 0 Å². The van der Waals surface area contributed by atoms with Crippen molar-refractivity contribution in [1.29, 1.82) is 0 Å². The molecule has 0 saturated carbocycles. The number of aryl methyl sites for hydroxylation is 1. The SMILES string of the molecule is Cc1cccc(C(=O)N(CC2CCCO2)c2nc(-c3ccc(Cl)cc3Cl)cs2)c1. The Morgan fingerprint density at radius 2 is 2.14 bits per heavy atom. The van der Waals surface area contributed by atoms with Crippen LogP contribution in [0.15, 0.2) is 47.8 Å². The van der Waals surface area contributed by atoms with Crippen molar-refractivity contribution in [3.8, 4) is 11.3 Å². The van der Waals surface area contributed by atoms with Crippen molar-refractivity contribution in [3.05, 3.63) is 69.0 Å². The van der Waals surface area contributed by atoms with Gasteiger partial charge < -0.3 is 4.74 Å². The number of anilines is 1. The van der Waals surface area contributed by atoms with Gasteiger partial charge in [0, 0.05) is 28.1 Å². The lowest BCUT2D eigenvalue weighted by Gasteiger charge is -2.23. The first-order valence-electron chi connectivity index (χ1n) is 9.42. The van der Waals surface area contributed by atoms with Gasteiger partial charge in [-0.05, 0) is 50.1 Å². The Balaban J connectivity index is 1.67. The van der Waals surface area contributed by atoms with E-state index in [0.717, 1.165) is 36.3 Å². The molecule has 1 fully saturated rings. The second-order valence-electron chi connectivity index (χ2n) is 7.06. The molecule has 0 N–H and O–H groups in total. The van der Waals surface area contributed by atoms with Crippen LogP contribution in [0.3, 0.4) is 0 Å². The van der Waals surface area contributed by atoms with Gasteiger partial charge in [-0.15, -0.1) is 11.3 Å². The van der Waals surface area contributed by atoms with Gasteiger partial charge in [0.05, 0.1) is 23.4 Å². The average Bonchev–Trinajstić information content (AvgIpc) is 3.37. The zero-order chi connectivity index (χ0) is 20.4. The Bertz CT molecular complexity index is 1030. The summed E-state index contributed by atoms with van der Waals surface area (Å²) in [4.78, 5) is 19.8. The molecule has 1 amide bonds. The lowest BCUT2D eigenvalue weighted by atomic mass is 10.1. The van der Waals surface area contributed by atoms with Crippen LogP contribution in [0, 0.1) is 6.92 Å². The zero-order valence-corrected chi connectivity index (χ0v) is 18.2. The third-order valence-corrected chi connectivity index (χ3v) is 6.26. The molecule has 1 unspecified atom stereocenters. The van der Waals surface area contributed by atoms with Gasteiger partial charge in [-0.1, -0.05) is 40.9 Å². The van der Waals surface area contributed by atoms with Gasteiger partial charge in [0.15, 0.2) is 5.13 Å². The van der Waals surface area contributed by atoms with Crippen LogP contribution in [0.5, 0.6) is 0 Å². The summed E-state index contributed by atoms with van der Waals surface area (Å²) >= 11 is 13.8. The molecule has 3 aromatic rings. The summed E-state index contributed by atoms with van der Waals surface area (Å²) in [6.45, 7) is 3.19. The molecule has 1 saturated heterocycles. The highest BCUT2D eigenvalue weighted by Gasteiger charge is 2.27. The number of aromatic nitrogens is 1. The number of rotatable bonds is 5. The lowest BCUT2D eigenvalue weighted by molar-refractivity contribution is 0.0917. The maximum atomic E-state index is 13.3. The summed E-state index contributed by atoms with van der Waals surface area (Å²) in [6.07, 6.45) is 1.98. The van der Waals surface area contributed by atoms with Crippen molar-refractivity contribution in [2.45, 2.75) is 25.9 Å². The number of halogens is 2. The maximum absolute atomic E-state index is 13.3. The lowest BCUT2D eigenvalue weighted by Crippen LogP contribution is -2.37. The van der Waals surface area contributed by atoms with Gasteiger partial charge in [-0.3, -0.25) is 9.69 Å². The third kappa shape index (κ3) is 4.64. The quantitative estimate of drug-likeness (QED) is 0.464. The first-order valence-corrected chi connectivity index (χ1v) is 11.1. The fourth-order valence-corrected chi connectivity index (χ4v) is 4.72. The number of carbonyl (C=O) groups is 1. The molecule has 1 aromatic heterocycles. The van der Waals surface area contributed by atoms with Crippen LogP contribution >= 0.6 is 34.5 Å². The van der Waals surface area contributed by atoms with Crippen molar-refractivity contribution in [3.63, 3.8) is 0 Å². The largest absolute Gasteiger partial charge is 0.376 e. The predicted molar refractivity (Wildman–Crippen MR) is 119 cm³/mol. The topological polar surface area (TPSA) is 42.4 Å². The van der Waals surface area contributed by atoms with Gasteiger partial charge in [0.25, 0.3) is 5.91 Å². The number of hydrogen-bond acceptors (Lipinski definition) is 4. The van der Waals surface area contributed by atoms with E-state index in [1.54, 1.807) is 17.0 Å². The molecule has 150 valence electrons. The van der Waals surface area contributed by atoms with E-state index in [2.05, 4.69) is 0 Å². The molecule has 1 aliphatic heterocycles. The summed E-state index contributed by atoms with van der Waals surface area (Å²) in [5, 5.41) is 3.65. The van der Waals surface area contributed by atoms with Crippen LogP contribution in [0.1, 0.15) is 28.8 Å². The molecular formula is C22H20Cl2N2O2S. The highest BCUT2D eigenvalue weighted by atomic mass is 35.5. The van der Waals surface area contributed by atoms with E-state index in [1.165, 1.54) is 11.3 Å². The molecule has 0 radical (unpaired) electrons. The van der Waals surface area contributed by atoms with Gasteiger partial charge in [-0.25, -0.2) is 4.98 Å². The highest BCUT2D eigenvalue weighted by molar-refractivity contribution is 7.14. The van der Waals surface area contributed by atoms with E-state index in [1.807, 2.05) is 42.6 Å². The van der Waals surface area contributed by atoms with E-state index < -0.39 is 0 Å². The van der Waals surface area contributed by atoms with E-state index in [-0.39, 0.29) is 12.0 Å². The van der Waals surface area contributed by atoms with E-state index in [9.17, 15) is 4.79 Å². The van der Waals surface area contributed by atoms with Crippen molar-refractivity contribution < 1.29 is 9.53 Å². The molecule has 29 heavy (non-hydrogen) atoms. The van der Waals surface area contributed by atoms with Crippen molar-refractivity contribution >= 4 is 45.6 Å². The average molecular weight is 447 g/mol. The molecule has 2 heterocycles. The first kappa shape index (κ1) is 20.4. The van der Waals surface area contributed by atoms with Crippen LogP contribution in [-0.4, -0.2) is 30.1 Å². The summed E-state index contributed by atoms with van der Waals surface area (Å²) < 4.78 is 5.79. The van der Waals surface area contributed by atoms with E-state index in [0.29, 0.717) is 27.3 Å². The smallest absolute Gasteiger partial charge is 0.260 e. The molecule has 0 aliphatic carbocycles. The number of hydrogen-bond donors (Lipinski definition) is 0. The molecular weight excluding hydrogens is 427 g/mol. The Morgan fingerprint density at radius 1 is 1.28 bits per heavy atom. The minimum absolute atomic E-state index is 0.0234. The zero-order valence-electron chi connectivity index (χ0n) is 15.9. The molecule has 0 bridgehead atoms. The molecule has 1 aliphatic rings. The summed E-state index contributed by atoms with van der Waals surface area (Å²) in [7, 11) is 0. The fraction of sp³-hybridized carbons (Fsp3) is 0.273. The Hall–Kier alpha value is -1.92. The molecule has 1 atom stereocenters. The molecule has 7 heteroatoms. The molecule has 0 spiro atoms. The monoisotopic (exact) mass is 446 g/mol. The normalized spacial score (nSPS) is 16.2. The van der Waals surface area contributed by atoms with Gasteiger partial charge in [-0.2, -0.15) is 0 Å². The van der Waals surface area contributed by atoms with E-state index >= 15 is 0 Å². The van der Waals surface area contributed by atoms with Crippen LogP contribution in [-0.2, 0) is 4.74 Å². The molecule has 2 aromatic carbocycles. The molecule has 4 nitrogen and oxygen atoms in total. The predicted octanol–water partition coefficient (Wildman–Crippen LogP) is 6.25. The second kappa shape index (κ2) is 8.84. The van der Waals surface area contributed by atoms with E-state index in [4.69, 9.17) is 32.9 Å². The standard InChI is InChI=1S/C22H20Cl2N2O2S/c1-14-4-2-5-15(10-14)21(27)26(12-17-6-3-9-28-17)22-25-20(13-29-22)18-8-7-16(23)11-19(18)24/h2,4-5,7-8,10-11,13,17H,3,6,9,12H2,1H3. The van der Waals surface area contributed by atoms with Gasteiger partial charge in [0.2, 0.25) is 0 Å². The Morgan fingerprint density at radius 3 is 2.86 bits per heavy atom. The first-order chi connectivity index (χ1) is 14.0. The Labute approximate surface area is 184 Å². The second-order valence-corrected chi connectivity index (χ2v) is 8.74. The van der Waals surface area contributed by atoms with Crippen LogP contribution in [0.4, 0.5) is 5.13 Å². The fourth-order valence-electron chi connectivity index (χ4n) is 3.38. The van der Waals surface area contributed by atoms with Crippen LogP contribution in [0.2, 0.25) is 10.0 Å². The minimum atomic E-state index is -0.0766. The summed E-state index contributed by atoms with van der Waals surface area (Å²) in [5.74, 6) is -0.0766. The number of ether oxygens (including phenoxy) is 1. The number of benzene rings is 2. The summed E-state index contributed by atoms with van der Waals surface area (Å²) in [6, 6.07) is 12.9. The number of carbonyl (C=O) groups excluding carboxylic acids is 1. The van der Waals surface area contributed by atoms with Gasteiger partial charge in [0.1, 0.15) is 0 Å². The maximum Gasteiger partial charge on any atom is 0.260 e. The highest BCUT2D eigenvalue weighted by Crippen LogP contribution is 2.34. The van der Waals surface area contributed by atoms with Crippen LogP contribution < -0.4 is 4.90 Å². The Kier molecular flexibility index (Phi) is 6.20. The van der Waals surface area contributed by atoms with Crippen molar-refractivity contribution in [1.82, 2.24) is 4.98 Å². The number of amides is 1. The van der Waals surface area contributed by atoms with Crippen molar-refractivity contribution in [2.75, 3.05) is 18.1 Å². The summed E-state index contributed by atoms with van der Waals surface area (Å²) in [5.41, 5.74) is 3.20. The molecule has 4 rings (SSSR count).